The van der Waals surface area contributed by atoms with Crippen LogP contribution in [0.15, 0.2) is 18.2 Å². The fourth-order valence-electron chi connectivity index (χ4n) is 3.73. The monoisotopic (exact) mass is 307 g/mol. The average molecular weight is 307 g/mol. The zero-order valence-electron chi connectivity index (χ0n) is 13.5. The summed E-state index contributed by atoms with van der Waals surface area (Å²) < 4.78 is 16.3. The van der Waals surface area contributed by atoms with Crippen LogP contribution in [0.25, 0.3) is 0 Å². The molecule has 0 spiro atoms. The molecule has 2 saturated heterocycles. The van der Waals surface area contributed by atoms with Crippen molar-refractivity contribution in [3.05, 3.63) is 23.8 Å². The molecule has 1 N–H and O–H groups in total. The number of rotatable bonds is 4. The van der Waals surface area contributed by atoms with E-state index in [9.17, 15) is 5.11 Å². The van der Waals surface area contributed by atoms with Crippen molar-refractivity contribution in [1.29, 1.82) is 0 Å². The van der Waals surface area contributed by atoms with Crippen molar-refractivity contribution < 1.29 is 19.3 Å². The highest BCUT2D eigenvalue weighted by molar-refractivity contribution is 5.39. The van der Waals surface area contributed by atoms with Crippen molar-refractivity contribution in [1.82, 2.24) is 4.90 Å². The number of fused-ring (bicyclic) bond motifs is 2. The van der Waals surface area contributed by atoms with E-state index in [4.69, 9.17) is 14.2 Å². The zero-order chi connectivity index (χ0) is 15.7. The molecule has 1 aromatic carbocycles. The lowest BCUT2D eigenvalue weighted by Gasteiger charge is -2.50. The minimum absolute atomic E-state index is 0.296. The molecule has 2 aliphatic heterocycles. The van der Waals surface area contributed by atoms with Crippen LogP contribution in [0.3, 0.4) is 0 Å². The molecular weight excluding hydrogens is 282 g/mol. The molecule has 0 radical (unpaired) electrons. The molecule has 0 aromatic heterocycles. The molecule has 2 unspecified atom stereocenters. The first-order chi connectivity index (χ1) is 10.5. The summed E-state index contributed by atoms with van der Waals surface area (Å²) in [5.41, 5.74) is 0.352. The molecule has 0 amide bonds. The summed E-state index contributed by atoms with van der Waals surface area (Å²) in [7, 11) is 5.42. The molecule has 2 atom stereocenters. The number of nitrogens with zero attached hydrogens (tertiary/aromatic N) is 1. The summed E-state index contributed by atoms with van der Waals surface area (Å²) in [5, 5.41) is 11.1. The molecule has 122 valence electrons. The van der Waals surface area contributed by atoms with Gasteiger partial charge in [-0.15, -0.1) is 0 Å². The lowest BCUT2D eigenvalue weighted by Crippen LogP contribution is -2.60. The quantitative estimate of drug-likeness (QED) is 0.913. The maximum Gasteiger partial charge on any atom is 0.122 e. The van der Waals surface area contributed by atoms with Gasteiger partial charge in [-0.3, -0.25) is 4.90 Å². The van der Waals surface area contributed by atoms with E-state index in [0.717, 1.165) is 29.9 Å². The molecule has 3 rings (SSSR count). The number of morpholine rings is 1. The summed E-state index contributed by atoms with van der Waals surface area (Å²) in [5.74, 6) is 1.52. The van der Waals surface area contributed by atoms with Gasteiger partial charge >= 0.3 is 0 Å². The Morgan fingerprint density at radius 3 is 2.18 bits per heavy atom. The second kappa shape index (κ2) is 6.07. The highest BCUT2D eigenvalue weighted by Crippen LogP contribution is 2.36. The van der Waals surface area contributed by atoms with Gasteiger partial charge in [0.15, 0.2) is 0 Å². The van der Waals surface area contributed by atoms with Gasteiger partial charge in [-0.05, 0) is 37.6 Å². The van der Waals surface area contributed by atoms with Gasteiger partial charge in [0.1, 0.15) is 11.5 Å². The van der Waals surface area contributed by atoms with Gasteiger partial charge in [-0.2, -0.15) is 0 Å². The Kier molecular flexibility index (Phi) is 4.30. The van der Waals surface area contributed by atoms with Gasteiger partial charge in [-0.25, -0.2) is 0 Å². The van der Waals surface area contributed by atoms with Crippen LogP contribution < -0.4 is 9.47 Å². The van der Waals surface area contributed by atoms with E-state index in [0.29, 0.717) is 31.7 Å². The van der Waals surface area contributed by atoms with E-state index >= 15 is 0 Å². The Morgan fingerprint density at radius 1 is 1.14 bits per heavy atom. The third kappa shape index (κ3) is 3.07. The molecule has 2 bridgehead atoms. The summed E-state index contributed by atoms with van der Waals surface area (Å²) in [6.45, 7) is 1.41. The molecule has 1 aromatic rings. The molecule has 2 heterocycles. The lowest BCUT2D eigenvalue weighted by atomic mass is 9.78. The van der Waals surface area contributed by atoms with E-state index in [1.165, 1.54) is 0 Å². The number of hydrogen-bond donors (Lipinski definition) is 1. The van der Waals surface area contributed by atoms with Crippen LogP contribution in [0.4, 0.5) is 0 Å². The molecule has 5 heteroatoms. The maximum absolute atomic E-state index is 11.1. The Bertz CT molecular complexity index is 497. The van der Waals surface area contributed by atoms with Crippen molar-refractivity contribution in [3.63, 3.8) is 0 Å². The van der Waals surface area contributed by atoms with Gasteiger partial charge in [0.2, 0.25) is 0 Å². The number of methoxy groups -OCH3 is 2. The summed E-state index contributed by atoms with van der Waals surface area (Å²) in [4.78, 5) is 2.35. The predicted molar refractivity (Wildman–Crippen MR) is 83.6 cm³/mol. The van der Waals surface area contributed by atoms with Crippen LogP contribution in [0.1, 0.15) is 18.4 Å². The first-order valence-electron chi connectivity index (χ1n) is 7.77. The predicted octanol–water partition coefficient (Wildman–Crippen LogP) is 1.47. The van der Waals surface area contributed by atoms with E-state index in [-0.39, 0.29) is 0 Å². The van der Waals surface area contributed by atoms with Crippen LogP contribution >= 0.6 is 0 Å². The summed E-state index contributed by atoms with van der Waals surface area (Å²) >= 11 is 0. The van der Waals surface area contributed by atoms with Gasteiger partial charge < -0.3 is 19.3 Å². The molecule has 5 nitrogen and oxygen atoms in total. The SMILES string of the molecule is COc1cc(CC2(O)CC3COCC(C2)N3C)cc(OC)c1. The van der Waals surface area contributed by atoms with Gasteiger partial charge in [0.05, 0.1) is 33.0 Å². The first-order valence-corrected chi connectivity index (χ1v) is 7.77. The molecule has 0 aliphatic carbocycles. The van der Waals surface area contributed by atoms with Gasteiger partial charge in [-0.1, -0.05) is 0 Å². The highest BCUT2D eigenvalue weighted by Gasteiger charge is 2.44. The molecule has 2 aliphatic rings. The van der Waals surface area contributed by atoms with Crippen molar-refractivity contribution in [2.24, 2.45) is 0 Å². The Labute approximate surface area is 131 Å². The van der Waals surface area contributed by atoms with E-state index in [1.807, 2.05) is 18.2 Å². The number of benzene rings is 1. The van der Waals surface area contributed by atoms with Crippen molar-refractivity contribution in [2.45, 2.75) is 36.9 Å². The normalized spacial score (nSPS) is 31.8. The Hall–Kier alpha value is -1.30. The number of piperidine rings is 1. The van der Waals surface area contributed by atoms with Crippen LogP contribution in [0.5, 0.6) is 11.5 Å². The zero-order valence-corrected chi connectivity index (χ0v) is 13.5. The Morgan fingerprint density at radius 2 is 1.68 bits per heavy atom. The van der Waals surface area contributed by atoms with Crippen molar-refractivity contribution >= 4 is 0 Å². The van der Waals surface area contributed by atoms with Crippen LogP contribution in [0, 0.1) is 0 Å². The fraction of sp³-hybridized carbons (Fsp3) is 0.647. The smallest absolute Gasteiger partial charge is 0.122 e. The topological polar surface area (TPSA) is 51.2 Å². The van der Waals surface area contributed by atoms with E-state index < -0.39 is 5.60 Å². The third-order valence-corrected chi connectivity index (χ3v) is 4.95. The molecular formula is C17H25NO4. The summed E-state index contributed by atoms with van der Waals surface area (Å²) in [6, 6.07) is 6.40. The number of aliphatic hydroxyl groups is 1. The maximum atomic E-state index is 11.1. The third-order valence-electron chi connectivity index (χ3n) is 4.95. The molecule has 22 heavy (non-hydrogen) atoms. The number of hydrogen-bond acceptors (Lipinski definition) is 5. The minimum Gasteiger partial charge on any atom is -0.497 e. The van der Waals surface area contributed by atoms with Crippen molar-refractivity contribution in [3.8, 4) is 11.5 Å². The lowest BCUT2D eigenvalue weighted by molar-refractivity contribution is -0.133. The average Bonchev–Trinajstić information content (AvgIpc) is 2.48. The summed E-state index contributed by atoms with van der Waals surface area (Å²) in [6.07, 6.45) is 2.08. The fourth-order valence-corrected chi connectivity index (χ4v) is 3.73. The molecule has 0 saturated carbocycles. The van der Waals surface area contributed by atoms with Crippen molar-refractivity contribution in [2.75, 3.05) is 34.5 Å². The van der Waals surface area contributed by atoms with E-state index in [2.05, 4.69) is 11.9 Å². The molecule has 2 fully saturated rings. The number of ether oxygens (including phenoxy) is 3. The minimum atomic E-state index is -0.691. The Balaban J connectivity index is 1.80. The van der Waals surface area contributed by atoms with Gasteiger partial charge in [0.25, 0.3) is 0 Å². The first kappa shape index (κ1) is 15.6. The second-order valence-corrected chi connectivity index (χ2v) is 6.54. The van der Waals surface area contributed by atoms with Crippen LogP contribution in [-0.4, -0.2) is 62.2 Å². The van der Waals surface area contributed by atoms with Crippen LogP contribution in [-0.2, 0) is 11.2 Å². The highest BCUT2D eigenvalue weighted by atomic mass is 16.5. The number of likely N-dealkylation sites (N-methyl/N-ethyl adjacent to an activating group) is 1. The van der Waals surface area contributed by atoms with Crippen LogP contribution in [0.2, 0.25) is 0 Å². The van der Waals surface area contributed by atoms with Gasteiger partial charge in [0, 0.05) is 24.6 Å². The standard InChI is InChI=1S/C17H25NO4/c1-18-13-8-17(19,9-14(18)11-22-10-13)7-12-4-15(20-2)6-16(5-12)21-3/h4-6,13-14,19H,7-11H2,1-3H3. The largest absolute Gasteiger partial charge is 0.497 e. The van der Waals surface area contributed by atoms with E-state index in [1.54, 1.807) is 14.2 Å². The second-order valence-electron chi connectivity index (χ2n) is 6.54.